The minimum Gasteiger partial charge on any atom is -0.497 e. The molecule has 1 heterocycles. The molecule has 0 aliphatic carbocycles. The maximum absolute atomic E-state index is 12.9. The number of hydrogen-bond donors (Lipinski definition) is 0. The number of hydrogen-bond acceptors (Lipinski definition) is 6. The van der Waals surface area contributed by atoms with Crippen molar-refractivity contribution in [2.24, 2.45) is 0 Å². The number of anilines is 1. The van der Waals surface area contributed by atoms with Crippen LogP contribution in [0.15, 0.2) is 42.5 Å². The first kappa shape index (κ1) is 23.2. The van der Waals surface area contributed by atoms with Gasteiger partial charge in [-0.2, -0.15) is 13.2 Å². The molecule has 32 heavy (non-hydrogen) atoms. The molecule has 0 radical (unpaired) electrons. The molecule has 1 saturated heterocycles. The predicted molar refractivity (Wildman–Crippen MR) is 110 cm³/mol. The zero-order chi connectivity index (χ0) is 23.3. The number of rotatable bonds is 7. The lowest BCUT2D eigenvalue weighted by molar-refractivity contribution is -0.384. The molecule has 2 aromatic carbocycles. The van der Waals surface area contributed by atoms with E-state index in [0.29, 0.717) is 30.7 Å². The van der Waals surface area contributed by atoms with Gasteiger partial charge >= 0.3 is 6.18 Å². The van der Waals surface area contributed by atoms with Gasteiger partial charge < -0.3 is 19.3 Å². The summed E-state index contributed by atoms with van der Waals surface area (Å²) in [5.41, 5.74) is -1.57. The lowest BCUT2D eigenvalue weighted by atomic mass is 10.1. The Morgan fingerprint density at radius 2 is 1.69 bits per heavy atom. The molecule has 0 saturated carbocycles. The number of nitro benzene ring substituents is 1. The number of benzene rings is 2. The minimum absolute atomic E-state index is 0.109. The molecule has 11 heteroatoms. The van der Waals surface area contributed by atoms with Gasteiger partial charge in [-0.3, -0.25) is 14.9 Å². The van der Waals surface area contributed by atoms with E-state index in [-0.39, 0.29) is 37.7 Å². The lowest BCUT2D eigenvalue weighted by Crippen LogP contribution is -2.49. The fraction of sp³-hybridized carbons (Fsp3) is 0.381. The van der Waals surface area contributed by atoms with E-state index in [9.17, 15) is 28.1 Å². The van der Waals surface area contributed by atoms with E-state index >= 15 is 0 Å². The van der Waals surface area contributed by atoms with Crippen molar-refractivity contribution in [1.82, 2.24) is 4.90 Å². The molecular formula is C21H22F3N3O5. The summed E-state index contributed by atoms with van der Waals surface area (Å²) >= 11 is 0. The summed E-state index contributed by atoms with van der Waals surface area (Å²) in [6, 6.07) is 9.45. The molecule has 0 bridgehead atoms. The molecule has 2 aromatic rings. The topological polar surface area (TPSA) is 85.2 Å². The zero-order valence-electron chi connectivity index (χ0n) is 17.3. The fourth-order valence-electron chi connectivity index (χ4n) is 3.40. The normalized spacial score (nSPS) is 14.2. The maximum atomic E-state index is 12.9. The predicted octanol–water partition coefficient (Wildman–Crippen LogP) is 3.74. The van der Waals surface area contributed by atoms with Gasteiger partial charge in [-0.25, -0.2) is 0 Å². The number of carbonyl (C=O) groups excluding carboxylic acids is 1. The molecule has 0 N–H and O–H groups in total. The molecule has 1 fully saturated rings. The first-order valence-corrected chi connectivity index (χ1v) is 9.84. The summed E-state index contributed by atoms with van der Waals surface area (Å²) in [4.78, 5) is 26.2. The van der Waals surface area contributed by atoms with Gasteiger partial charge in [-0.05, 0) is 36.4 Å². The first-order chi connectivity index (χ1) is 15.2. The van der Waals surface area contributed by atoms with Gasteiger partial charge in [0.1, 0.15) is 17.2 Å². The van der Waals surface area contributed by atoms with Gasteiger partial charge in [0, 0.05) is 32.2 Å². The van der Waals surface area contributed by atoms with Crippen LogP contribution < -0.4 is 14.4 Å². The van der Waals surface area contributed by atoms with Gasteiger partial charge in [0.15, 0.2) is 0 Å². The van der Waals surface area contributed by atoms with Crippen LogP contribution in [0.3, 0.4) is 0 Å². The summed E-state index contributed by atoms with van der Waals surface area (Å²) in [6.07, 6.45) is -4.51. The van der Waals surface area contributed by atoms with Crippen molar-refractivity contribution < 1.29 is 32.4 Å². The van der Waals surface area contributed by atoms with Crippen LogP contribution >= 0.6 is 0 Å². The number of alkyl halides is 3. The van der Waals surface area contributed by atoms with E-state index in [4.69, 9.17) is 9.47 Å². The van der Waals surface area contributed by atoms with Crippen molar-refractivity contribution in [2.75, 3.05) is 44.8 Å². The van der Waals surface area contributed by atoms with Crippen molar-refractivity contribution in [3.8, 4) is 11.5 Å². The van der Waals surface area contributed by atoms with Crippen molar-refractivity contribution in [3.05, 3.63) is 58.1 Å². The van der Waals surface area contributed by atoms with Crippen LogP contribution in [0.1, 0.15) is 12.0 Å². The SMILES string of the molecule is COc1ccc(OCCC(=O)N2CCN(c3ccc(C(F)(F)F)cc3[N+](=O)[O-])CC2)cc1. The summed E-state index contributed by atoms with van der Waals surface area (Å²) in [5.74, 6) is 1.18. The number of ether oxygens (including phenoxy) is 2. The second-order valence-electron chi connectivity index (χ2n) is 7.10. The summed E-state index contributed by atoms with van der Waals surface area (Å²) in [6.45, 7) is 1.35. The molecule has 8 nitrogen and oxygen atoms in total. The Kier molecular flexibility index (Phi) is 7.06. The third kappa shape index (κ3) is 5.59. The molecule has 0 spiro atoms. The molecular weight excluding hydrogens is 431 g/mol. The fourth-order valence-corrected chi connectivity index (χ4v) is 3.40. The Labute approximate surface area is 182 Å². The summed E-state index contributed by atoms with van der Waals surface area (Å²) in [5, 5.41) is 11.3. The quantitative estimate of drug-likeness (QED) is 0.469. The molecule has 1 aliphatic heterocycles. The average Bonchev–Trinajstić information content (AvgIpc) is 2.78. The van der Waals surface area contributed by atoms with E-state index in [1.807, 2.05) is 0 Å². The molecule has 172 valence electrons. The van der Waals surface area contributed by atoms with Crippen molar-refractivity contribution in [3.63, 3.8) is 0 Å². The van der Waals surface area contributed by atoms with Gasteiger partial charge in [-0.15, -0.1) is 0 Å². The third-order valence-corrected chi connectivity index (χ3v) is 5.12. The molecule has 0 atom stereocenters. The zero-order valence-corrected chi connectivity index (χ0v) is 17.3. The van der Waals surface area contributed by atoms with E-state index in [0.717, 1.165) is 12.1 Å². The van der Waals surface area contributed by atoms with Crippen LogP contribution in [0, 0.1) is 10.1 Å². The van der Waals surface area contributed by atoms with E-state index in [1.165, 1.54) is 0 Å². The highest BCUT2D eigenvalue weighted by molar-refractivity contribution is 5.77. The number of amides is 1. The minimum atomic E-state index is -4.66. The van der Waals surface area contributed by atoms with Crippen LogP contribution in [0.25, 0.3) is 0 Å². The number of nitro groups is 1. The van der Waals surface area contributed by atoms with Crippen LogP contribution in [-0.2, 0) is 11.0 Å². The van der Waals surface area contributed by atoms with Crippen molar-refractivity contribution in [1.29, 1.82) is 0 Å². The molecule has 1 aliphatic rings. The number of piperazine rings is 1. The lowest BCUT2D eigenvalue weighted by Gasteiger charge is -2.36. The second-order valence-corrected chi connectivity index (χ2v) is 7.10. The maximum Gasteiger partial charge on any atom is 0.416 e. The van der Waals surface area contributed by atoms with E-state index in [2.05, 4.69) is 0 Å². The van der Waals surface area contributed by atoms with Crippen LogP contribution in [0.4, 0.5) is 24.5 Å². The molecule has 0 unspecified atom stereocenters. The van der Waals surface area contributed by atoms with Crippen LogP contribution in [0.5, 0.6) is 11.5 Å². The standard InChI is InChI=1S/C21H22F3N3O5/c1-31-16-3-5-17(6-4-16)32-13-8-20(28)26-11-9-25(10-12-26)18-7-2-15(21(22,23)24)14-19(18)27(29)30/h2-7,14H,8-13H2,1H3. The number of methoxy groups -OCH3 is 1. The Balaban J connectivity index is 1.54. The van der Waals surface area contributed by atoms with Crippen molar-refractivity contribution >= 4 is 17.3 Å². The highest BCUT2D eigenvalue weighted by atomic mass is 19.4. The van der Waals surface area contributed by atoms with Gasteiger partial charge in [0.2, 0.25) is 5.91 Å². The van der Waals surface area contributed by atoms with E-state index < -0.39 is 22.4 Å². The largest absolute Gasteiger partial charge is 0.497 e. The highest BCUT2D eigenvalue weighted by Crippen LogP contribution is 2.36. The third-order valence-electron chi connectivity index (χ3n) is 5.12. The van der Waals surface area contributed by atoms with Gasteiger partial charge in [0.25, 0.3) is 5.69 Å². The molecule has 1 amide bonds. The first-order valence-electron chi connectivity index (χ1n) is 9.84. The molecule has 3 rings (SSSR count). The second kappa shape index (κ2) is 9.75. The monoisotopic (exact) mass is 453 g/mol. The van der Waals surface area contributed by atoms with Crippen LogP contribution in [-0.4, -0.2) is 55.6 Å². The summed E-state index contributed by atoms with van der Waals surface area (Å²) in [7, 11) is 1.56. The number of carbonyl (C=O) groups is 1. The van der Waals surface area contributed by atoms with E-state index in [1.54, 1.807) is 41.2 Å². The van der Waals surface area contributed by atoms with Crippen LogP contribution in [0.2, 0.25) is 0 Å². The Hall–Kier alpha value is -3.50. The summed E-state index contributed by atoms with van der Waals surface area (Å²) < 4.78 is 49.3. The number of halogens is 3. The van der Waals surface area contributed by atoms with Gasteiger partial charge in [0.05, 0.1) is 30.6 Å². The van der Waals surface area contributed by atoms with Crippen molar-refractivity contribution in [2.45, 2.75) is 12.6 Å². The Bertz CT molecular complexity index is 958. The Morgan fingerprint density at radius 3 is 2.25 bits per heavy atom. The Morgan fingerprint density at radius 1 is 1.06 bits per heavy atom. The van der Waals surface area contributed by atoms with Gasteiger partial charge in [-0.1, -0.05) is 0 Å². The average molecular weight is 453 g/mol. The highest BCUT2D eigenvalue weighted by Gasteiger charge is 2.34. The number of nitrogens with zero attached hydrogens (tertiary/aromatic N) is 3. The molecule has 0 aromatic heterocycles. The smallest absolute Gasteiger partial charge is 0.416 e.